The summed E-state index contributed by atoms with van der Waals surface area (Å²) in [5.41, 5.74) is 6.77. The van der Waals surface area contributed by atoms with E-state index < -0.39 is 0 Å². The molecule has 1 spiro atoms. The van der Waals surface area contributed by atoms with Crippen LogP contribution in [-0.2, 0) is 5.41 Å². The molecule has 1 N–H and O–H groups in total. The minimum atomic E-state index is 0.100. The molecule has 0 aromatic heterocycles. The summed E-state index contributed by atoms with van der Waals surface area (Å²) in [6.07, 6.45) is 16.4. The lowest BCUT2D eigenvalue weighted by molar-refractivity contribution is 0.0898. The molecule has 1 heterocycles. The normalized spacial score (nSPS) is 28.7. The number of nitrogens with zero attached hydrogens (tertiary/aromatic N) is 1. The Hall–Kier alpha value is -2.39. The molecule has 1 saturated heterocycles. The number of rotatable bonds is 5. The van der Waals surface area contributed by atoms with Gasteiger partial charge in [-0.15, -0.1) is 0 Å². The zero-order valence-electron chi connectivity index (χ0n) is 24.8. The van der Waals surface area contributed by atoms with Gasteiger partial charge in [-0.3, -0.25) is 4.79 Å². The SMILES string of the molecule is CC.Cc1cc(C(=O)NCC2CCCCC2)ccc1C1CCC(N2CCC3(C=Cc4ccccc43)C(C)C2)C1. The summed E-state index contributed by atoms with van der Waals surface area (Å²) in [6, 6.07) is 16.2. The van der Waals surface area contributed by atoms with E-state index in [0.29, 0.717) is 23.8 Å². The highest BCUT2D eigenvalue weighted by Gasteiger charge is 2.45. The van der Waals surface area contributed by atoms with E-state index in [1.807, 2.05) is 13.8 Å². The highest BCUT2D eigenvalue weighted by atomic mass is 16.1. The first-order chi connectivity index (χ1) is 19.0. The molecule has 1 aliphatic heterocycles. The molecule has 2 saturated carbocycles. The van der Waals surface area contributed by atoms with Crippen molar-refractivity contribution >= 4 is 12.0 Å². The fourth-order valence-corrected chi connectivity index (χ4v) is 8.13. The van der Waals surface area contributed by atoms with Gasteiger partial charge in [-0.25, -0.2) is 0 Å². The summed E-state index contributed by atoms with van der Waals surface area (Å²) in [6.45, 7) is 11.9. The molecule has 3 fully saturated rings. The number of carbonyl (C=O) groups is 1. The van der Waals surface area contributed by atoms with Crippen molar-refractivity contribution < 1.29 is 4.79 Å². The lowest BCUT2D eigenvalue weighted by atomic mass is 9.68. The number of carbonyl (C=O) groups excluding carboxylic acids is 1. The van der Waals surface area contributed by atoms with Crippen LogP contribution in [0.3, 0.4) is 0 Å². The minimum Gasteiger partial charge on any atom is -0.352 e. The van der Waals surface area contributed by atoms with Crippen LogP contribution in [0, 0.1) is 18.8 Å². The zero-order valence-corrected chi connectivity index (χ0v) is 24.8. The van der Waals surface area contributed by atoms with Gasteiger partial charge in [0.1, 0.15) is 0 Å². The van der Waals surface area contributed by atoms with Crippen LogP contribution >= 0.6 is 0 Å². The van der Waals surface area contributed by atoms with Crippen LogP contribution in [0.2, 0.25) is 0 Å². The van der Waals surface area contributed by atoms with Crippen LogP contribution in [0.5, 0.6) is 0 Å². The van der Waals surface area contributed by atoms with Gasteiger partial charge in [-0.1, -0.05) is 82.5 Å². The van der Waals surface area contributed by atoms with Crippen molar-refractivity contribution in [3.05, 3.63) is 76.4 Å². The number of nitrogens with one attached hydrogen (secondary N) is 1. The maximum atomic E-state index is 12.8. The van der Waals surface area contributed by atoms with E-state index in [2.05, 4.69) is 78.7 Å². The van der Waals surface area contributed by atoms with E-state index in [9.17, 15) is 4.79 Å². The third kappa shape index (κ3) is 5.75. The number of hydrogen-bond acceptors (Lipinski definition) is 2. The monoisotopic (exact) mass is 526 g/mol. The highest BCUT2D eigenvalue weighted by Crippen LogP contribution is 2.48. The van der Waals surface area contributed by atoms with Crippen LogP contribution < -0.4 is 5.32 Å². The van der Waals surface area contributed by atoms with Gasteiger partial charge in [0.15, 0.2) is 0 Å². The Morgan fingerprint density at radius 1 is 1.03 bits per heavy atom. The zero-order chi connectivity index (χ0) is 27.4. The van der Waals surface area contributed by atoms with E-state index in [-0.39, 0.29) is 11.3 Å². The summed E-state index contributed by atoms with van der Waals surface area (Å²) >= 11 is 0. The molecule has 0 radical (unpaired) electrons. The number of allylic oxidation sites excluding steroid dienone is 1. The maximum Gasteiger partial charge on any atom is 0.251 e. The Morgan fingerprint density at radius 2 is 1.82 bits per heavy atom. The van der Waals surface area contributed by atoms with E-state index in [1.165, 1.54) is 87.6 Å². The second-order valence-corrected chi connectivity index (χ2v) is 12.6. The van der Waals surface area contributed by atoms with E-state index in [0.717, 1.165) is 12.1 Å². The number of benzene rings is 2. The van der Waals surface area contributed by atoms with Crippen molar-refractivity contribution in [1.29, 1.82) is 0 Å². The van der Waals surface area contributed by atoms with Crippen LogP contribution in [0.1, 0.15) is 117 Å². The standard InChI is InChI=1S/C34H44N2O.C2H6/c1-24-20-29(33(37)35-22-26-8-4-3-5-9-26)13-15-31(24)28-12-14-30(21-28)36-19-18-34(25(2)23-36)17-16-27-10-6-7-11-32(27)34;1-2/h6-7,10-11,13,15-17,20,25-26,28,30H,3-5,8-9,12,14,18-19,21-23H2,1-2H3,(H,35,37);1-2H3. The summed E-state index contributed by atoms with van der Waals surface area (Å²) in [4.78, 5) is 15.6. The molecule has 4 aliphatic rings. The minimum absolute atomic E-state index is 0.100. The topological polar surface area (TPSA) is 32.3 Å². The highest BCUT2D eigenvalue weighted by molar-refractivity contribution is 5.94. The number of amides is 1. The van der Waals surface area contributed by atoms with Gasteiger partial charge in [0.25, 0.3) is 5.91 Å². The molecule has 39 heavy (non-hydrogen) atoms. The third-order valence-electron chi connectivity index (χ3n) is 10.4. The lowest BCUT2D eigenvalue weighted by Crippen LogP contribution is -2.50. The lowest BCUT2D eigenvalue weighted by Gasteiger charge is -2.46. The van der Waals surface area contributed by atoms with Gasteiger partial charge in [0.05, 0.1) is 0 Å². The first-order valence-corrected chi connectivity index (χ1v) is 15.9. The van der Waals surface area contributed by atoms with Crippen molar-refractivity contribution in [3.8, 4) is 0 Å². The van der Waals surface area contributed by atoms with Gasteiger partial charge in [0, 0.05) is 30.1 Å². The summed E-state index contributed by atoms with van der Waals surface area (Å²) in [7, 11) is 0. The van der Waals surface area contributed by atoms with E-state index >= 15 is 0 Å². The Kier molecular flexibility index (Phi) is 8.96. The van der Waals surface area contributed by atoms with Crippen LogP contribution in [0.25, 0.3) is 6.08 Å². The summed E-state index contributed by atoms with van der Waals surface area (Å²) in [5.74, 6) is 2.01. The predicted molar refractivity (Wildman–Crippen MR) is 164 cm³/mol. The van der Waals surface area contributed by atoms with E-state index in [4.69, 9.17) is 0 Å². The maximum absolute atomic E-state index is 12.8. The molecule has 6 rings (SSSR count). The molecule has 3 nitrogen and oxygen atoms in total. The van der Waals surface area contributed by atoms with Gasteiger partial charge in [-0.05, 0) is 104 Å². The first-order valence-electron chi connectivity index (χ1n) is 15.9. The molecule has 4 atom stereocenters. The number of piperidine rings is 1. The molecular weight excluding hydrogens is 476 g/mol. The van der Waals surface area contributed by atoms with Crippen molar-refractivity contribution in [3.63, 3.8) is 0 Å². The molecule has 2 aromatic carbocycles. The van der Waals surface area contributed by atoms with Gasteiger partial charge >= 0.3 is 0 Å². The van der Waals surface area contributed by atoms with Gasteiger partial charge < -0.3 is 10.2 Å². The quantitative estimate of drug-likeness (QED) is 0.425. The molecule has 210 valence electrons. The van der Waals surface area contributed by atoms with Crippen molar-refractivity contribution in [2.24, 2.45) is 11.8 Å². The van der Waals surface area contributed by atoms with Crippen molar-refractivity contribution in [1.82, 2.24) is 10.2 Å². The fourth-order valence-electron chi connectivity index (χ4n) is 8.13. The predicted octanol–water partition coefficient (Wildman–Crippen LogP) is 8.27. The van der Waals surface area contributed by atoms with Crippen LogP contribution in [-0.4, -0.2) is 36.5 Å². The van der Waals surface area contributed by atoms with E-state index in [1.54, 1.807) is 5.56 Å². The Balaban J connectivity index is 0.00000151. The Labute approximate surface area is 237 Å². The number of fused-ring (bicyclic) bond motifs is 2. The smallest absolute Gasteiger partial charge is 0.251 e. The average molecular weight is 527 g/mol. The van der Waals surface area contributed by atoms with Gasteiger partial charge in [0.2, 0.25) is 0 Å². The molecule has 3 heteroatoms. The summed E-state index contributed by atoms with van der Waals surface area (Å²) < 4.78 is 0. The van der Waals surface area contributed by atoms with Crippen LogP contribution in [0.4, 0.5) is 0 Å². The Morgan fingerprint density at radius 3 is 2.59 bits per heavy atom. The van der Waals surface area contributed by atoms with Crippen molar-refractivity contribution in [2.75, 3.05) is 19.6 Å². The molecule has 2 aromatic rings. The molecular formula is C36H50N2O. The molecule has 4 unspecified atom stereocenters. The molecule has 1 amide bonds. The first kappa shape index (κ1) is 28.1. The summed E-state index contributed by atoms with van der Waals surface area (Å²) in [5, 5.41) is 3.22. The molecule has 3 aliphatic carbocycles. The third-order valence-corrected chi connectivity index (χ3v) is 10.4. The molecule has 0 bridgehead atoms. The van der Waals surface area contributed by atoms with Gasteiger partial charge in [-0.2, -0.15) is 0 Å². The second kappa shape index (κ2) is 12.4. The largest absolute Gasteiger partial charge is 0.352 e. The average Bonchev–Trinajstić information content (AvgIpc) is 3.61. The fraction of sp³-hybridized carbons (Fsp3) is 0.583. The second-order valence-electron chi connectivity index (χ2n) is 12.6. The van der Waals surface area contributed by atoms with Crippen molar-refractivity contribution in [2.45, 2.75) is 103 Å². The Bertz CT molecular complexity index is 1160. The number of likely N-dealkylation sites (tertiary alicyclic amines) is 1. The van der Waals surface area contributed by atoms with Crippen LogP contribution in [0.15, 0.2) is 48.5 Å². The number of hydrogen-bond donors (Lipinski definition) is 1. The number of aryl methyl sites for hydroxylation is 1.